The number of halogens is 2. The summed E-state index contributed by atoms with van der Waals surface area (Å²) in [6.07, 6.45) is 1.18. The van der Waals surface area contributed by atoms with Crippen molar-refractivity contribution >= 4 is 29.3 Å². The first kappa shape index (κ1) is 21.8. The van der Waals surface area contributed by atoms with Gasteiger partial charge in [-0.2, -0.15) is 0 Å². The molecule has 0 aliphatic carbocycles. The number of benzene rings is 2. The van der Waals surface area contributed by atoms with Crippen molar-refractivity contribution in [2.45, 2.75) is 12.8 Å². The predicted octanol–water partition coefficient (Wildman–Crippen LogP) is 2.88. The van der Waals surface area contributed by atoms with Crippen LogP contribution in [0, 0.1) is 11.7 Å². The molecule has 3 rings (SSSR count). The van der Waals surface area contributed by atoms with Gasteiger partial charge in [0.1, 0.15) is 5.82 Å². The Hall–Kier alpha value is -2.93. The summed E-state index contributed by atoms with van der Waals surface area (Å²) in [5.41, 5.74) is 0.944. The lowest BCUT2D eigenvalue weighted by atomic mass is 9.95. The highest BCUT2D eigenvalue weighted by Crippen LogP contribution is 2.20. The zero-order valence-corrected chi connectivity index (χ0v) is 17.1. The molecule has 2 N–H and O–H groups in total. The third-order valence-corrected chi connectivity index (χ3v) is 5.31. The van der Waals surface area contributed by atoms with Gasteiger partial charge in [-0.25, -0.2) is 4.39 Å². The van der Waals surface area contributed by atoms with Gasteiger partial charge < -0.3 is 15.5 Å². The van der Waals surface area contributed by atoms with Gasteiger partial charge in [-0.3, -0.25) is 14.4 Å². The Balaban J connectivity index is 1.37. The maximum Gasteiger partial charge on any atom is 0.253 e. The van der Waals surface area contributed by atoms with Crippen molar-refractivity contribution in [2.75, 3.05) is 26.2 Å². The number of amides is 3. The SMILES string of the molecule is O=C(NCCNC(=O)C1CCN(C(=O)c2ccc(Cl)cc2)CC1)c1ccc(F)cc1. The standard InChI is InChI=1S/C22H23ClFN3O3/c23-18-5-1-17(2-6-18)22(30)27-13-9-16(10-14-27)21(29)26-12-11-25-20(28)15-3-7-19(24)8-4-15/h1-8,16H,9-14H2,(H,25,28)(H,26,29). The minimum Gasteiger partial charge on any atom is -0.354 e. The second-order valence-corrected chi connectivity index (χ2v) is 7.56. The molecule has 0 saturated carbocycles. The lowest BCUT2D eigenvalue weighted by Gasteiger charge is -2.31. The minimum absolute atomic E-state index is 0.0611. The van der Waals surface area contributed by atoms with Gasteiger partial charge >= 0.3 is 0 Å². The fraction of sp³-hybridized carbons (Fsp3) is 0.318. The molecule has 2 aromatic carbocycles. The number of hydrogen-bond acceptors (Lipinski definition) is 3. The van der Waals surface area contributed by atoms with Gasteiger partial charge in [0.25, 0.3) is 11.8 Å². The molecule has 2 aromatic rings. The highest BCUT2D eigenvalue weighted by molar-refractivity contribution is 6.30. The van der Waals surface area contributed by atoms with Crippen LogP contribution in [0.2, 0.25) is 5.02 Å². The van der Waals surface area contributed by atoms with Gasteiger partial charge in [0.05, 0.1) is 0 Å². The monoisotopic (exact) mass is 431 g/mol. The predicted molar refractivity (Wildman–Crippen MR) is 112 cm³/mol. The highest BCUT2D eigenvalue weighted by Gasteiger charge is 2.27. The van der Waals surface area contributed by atoms with Crippen molar-refractivity contribution in [1.82, 2.24) is 15.5 Å². The molecule has 30 heavy (non-hydrogen) atoms. The van der Waals surface area contributed by atoms with Gasteiger partial charge in [0.15, 0.2) is 0 Å². The van der Waals surface area contributed by atoms with Crippen molar-refractivity contribution in [2.24, 2.45) is 5.92 Å². The molecular weight excluding hydrogens is 409 g/mol. The van der Waals surface area contributed by atoms with Crippen molar-refractivity contribution in [3.8, 4) is 0 Å². The van der Waals surface area contributed by atoms with Crippen molar-refractivity contribution in [3.05, 3.63) is 70.5 Å². The molecule has 0 unspecified atom stereocenters. The second-order valence-electron chi connectivity index (χ2n) is 7.13. The van der Waals surface area contributed by atoms with Crippen LogP contribution in [0.1, 0.15) is 33.6 Å². The average Bonchev–Trinajstić information content (AvgIpc) is 2.77. The van der Waals surface area contributed by atoms with Crippen LogP contribution in [0.5, 0.6) is 0 Å². The number of piperidine rings is 1. The Bertz CT molecular complexity index is 895. The maximum absolute atomic E-state index is 12.9. The Labute approximate surface area is 179 Å². The van der Waals surface area contributed by atoms with Crippen LogP contribution in [-0.4, -0.2) is 48.8 Å². The van der Waals surface area contributed by atoms with Crippen LogP contribution < -0.4 is 10.6 Å². The molecular formula is C22H23ClFN3O3. The normalized spacial score (nSPS) is 14.3. The van der Waals surface area contributed by atoms with E-state index in [-0.39, 0.29) is 30.2 Å². The van der Waals surface area contributed by atoms with Crippen LogP contribution in [-0.2, 0) is 4.79 Å². The number of carbonyl (C=O) groups is 3. The number of likely N-dealkylation sites (tertiary alicyclic amines) is 1. The third kappa shape index (κ3) is 5.79. The van der Waals surface area contributed by atoms with E-state index in [1.807, 2.05) is 0 Å². The quantitative estimate of drug-likeness (QED) is 0.690. The molecule has 1 heterocycles. The molecule has 0 spiro atoms. The molecule has 1 fully saturated rings. The Morgan fingerprint density at radius 2 is 1.47 bits per heavy atom. The highest BCUT2D eigenvalue weighted by atomic mass is 35.5. The smallest absolute Gasteiger partial charge is 0.253 e. The van der Waals surface area contributed by atoms with E-state index in [1.54, 1.807) is 29.2 Å². The molecule has 1 saturated heterocycles. The molecule has 158 valence electrons. The van der Waals surface area contributed by atoms with Crippen LogP contribution in [0.3, 0.4) is 0 Å². The summed E-state index contributed by atoms with van der Waals surface area (Å²) in [7, 11) is 0. The lowest BCUT2D eigenvalue weighted by molar-refractivity contribution is -0.126. The van der Waals surface area contributed by atoms with Crippen LogP contribution >= 0.6 is 11.6 Å². The van der Waals surface area contributed by atoms with Crippen molar-refractivity contribution < 1.29 is 18.8 Å². The van der Waals surface area contributed by atoms with E-state index < -0.39 is 5.82 Å². The number of hydrogen-bond donors (Lipinski definition) is 2. The van der Waals surface area contributed by atoms with Gasteiger partial charge in [-0.1, -0.05) is 11.6 Å². The van der Waals surface area contributed by atoms with Crippen LogP contribution in [0.15, 0.2) is 48.5 Å². The molecule has 0 aromatic heterocycles. The van der Waals surface area contributed by atoms with E-state index in [1.165, 1.54) is 24.3 Å². The Morgan fingerprint density at radius 3 is 2.10 bits per heavy atom. The van der Waals surface area contributed by atoms with E-state index in [0.717, 1.165) is 0 Å². The number of rotatable bonds is 6. The largest absolute Gasteiger partial charge is 0.354 e. The Kier molecular flexibility index (Phi) is 7.41. The zero-order chi connectivity index (χ0) is 21.5. The van der Waals surface area contributed by atoms with Gasteiger partial charge in [-0.15, -0.1) is 0 Å². The molecule has 3 amide bonds. The molecule has 0 bridgehead atoms. The number of nitrogens with zero attached hydrogens (tertiary/aromatic N) is 1. The van der Waals surface area contributed by atoms with Gasteiger partial charge in [0.2, 0.25) is 5.91 Å². The molecule has 8 heteroatoms. The summed E-state index contributed by atoms with van der Waals surface area (Å²) in [4.78, 5) is 38.6. The van der Waals surface area contributed by atoms with E-state index in [9.17, 15) is 18.8 Å². The van der Waals surface area contributed by atoms with Crippen LogP contribution in [0.25, 0.3) is 0 Å². The zero-order valence-electron chi connectivity index (χ0n) is 16.4. The lowest BCUT2D eigenvalue weighted by Crippen LogP contribution is -2.44. The first-order valence-electron chi connectivity index (χ1n) is 9.80. The van der Waals surface area contributed by atoms with Crippen molar-refractivity contribution in [3.63, 3.8) is 0 Å². The molecule has 1 aliphatic heterocycles. The van der Waals surface area contributed by atoms with Gasteiger partial charge in [0, 0.05) is 48.2 Å². The summed E-state index contributed by atoms with van der Waals surface area (Å²) in [6, 6.07) is 12.0. The summed E-state index contributed by atoms with van der Waals surface area (Å²) in [6.45, 7) is 1.60. The first-order chi connectivity index (χ1) is 14.4. The second kappa shape index (κ2) is 10.2. The third-order valence-electron chi connectivity index (χ3n) is 5.06. The number of carbonyl (C=O) groups excluding carboxylic acids is 3. The molecule has 0 radical (unpaired) electrons. The van der Waals surface area contributed by atoms with Crippen LogP contribution in [0.4, 0.5) is 4.39 Å². The number of nitrogens with one attached hydrogen (secondary N) is 2. The average molecular weight is 432 g/mol. The van der Waals surface area contributed by atoms with E-state index >= 15 is 0 Å². The minimum atomic E-state index is -0.403. The topological polar surface area (TPSA) is 78.5 Å². The van der Waals surface area contributed by atoms with Crippen molar-refractivity contribution in [1.29, 1.82) is 0 Å². The van der Waals surface area contributed by atoms with E-state index in [2.05, 4.69) is 10.6 Å². The summed E-state index contributed by atoms with van der Waals surface area (Å²) >= 11 is 5.86. The van der Waals surface area contributed by atoms with E-state index in [0.29, 0.717) is 48.6 Å². The fourth-order valence-electron chi connectivity index (χ4n) is 3.33. The summed E-state index contributed by atoms with van der Waals surface area (Å²) < 4.78 is 12.9. The first-order valence-corrected chi connectivity index (χ1v) is 10.2. The molecule has 1 aliphatic rings. The van der Waals surface area contributed by atoms with E-state index in [4.69, 9.17) is 11.6 Å². The van der Waals surface area contributed by atoms with Gasteiger partial charge in [-0.05, 0) is 61.4 Å². The molecule has 6 nitrogen and oxygen atoms in total. The summed E-state index contributed by atoms with van der Waals surface area (Å²) in [5.74, 6) is -1.02. The maximum atomic E-state index is 12.9. The summed E-state index contributed by atoms with van der Waals surface area (Å²) in [5, 5.41) is 6.08. The fourth-order valence-corrected chi connectivity index (χ4v) is 3.46. The Morgan fingerprint density at radius 1 is 0.900 bits per heavy atom. The molecule has 0 atom stereocenters.